The topological polar surface area (TPSA) is 177 Å². The Morgan fingerprint density at radius 1 is 0.974 bits per heavy atom. The maximum atomic E-state index is 12.6. The molecule has 12 heteroatoms. The summed E-state index contributed by atoms with van der Waals surface area (Å²) in [5.74, 6) is -0.240. The molecule has 0 aliphatic carbocycles. The third-order valence-electron chi connectivity index (χ3n) is 5.16. The first-order chi connectivity index (χ1) is 18.1. The first-order valence-electron chi connectivity index (χ1n) is 11.8. The second-order valence-corrected chi connectivity index (χ2v) is 9.42. The van der Waals surface area contributed by atoms with E-state index in [0.717, 1.165) is 11.3 Å². The maximum Gasteiger partial charge on any atom is 0.412 e. The molecule has 0 saturated heterocycles. The Labute approximate surface area is 218 Å². The van der Waals surface area contributed by atoms with E-state index in [9.17, 15) is 14.4 Å². The SMILES string of the molecule is CC(C)(C)OC(=O)Nc1ccc(CNC(=O)c2ccc(NCc3cnc4nc(N)[nH]c(=O)c4n3)cc2)cc1. The van der Waals surface area contributed by atoms with Crippen molar-refractivity contribution in [3.05, 3.63) is 81.9 Å². The number of benzene rings is 2. The van der Waals surface area contributed by atoms with Crippen molar-refractivity contribution in [3.8, 4) is 0 Å². The number of aromatic nitrogens is 4. The average Bonchev–Trinajstić information content (AvgIpc) is 2.86. The van der Waals surface area contributed by atoms with Crippen molar-refractivity contribution in [1.29, 1.82) is 0 Å². The monoisotopic (exact) mass is 516 g/mol. The number of carbonyl (C=O) groups excluding carboxylic acids is 2. The van der Waals surface area contributed by atoms with Gasteiger partial charge in [-0.05, 0) is 62.7 Å². The predicted molar refractivity (Wildman–Crippen MR) is 144 cm³/mol. The van der Waals surface area contributed by atoms with Gasteiger partial charge >= 0.3 is 6.09 Å². The molecule has 0 bridgehead atoms. The van der Waals surface area contributed by atoms with E-state index in [4.69, 9.17) is 10.5 Å². The molecule has 196 valence electrons. The normalized spacial score (nSPS) is 11.1. The molecule has 0 spiro atoms. The lowest BCUT2D eigenvalue weighted by Gasteiger charge is -2.19. The van der Waals surface area contributed by atoms with E-state index >= 15 is 0 Å². The van der Waals surface area contributed by atoms with Crippen LogP contribution in [0.4, 0.5) is 22.1 Å². The maximum absolute atomic E-state index is 12.6. The van der Waals surface area contributed by atoms with E-state index in [1.54, 1.807) is 57.2 Å². The van der Waals surface area contributed by atoms with Crippen LogP contribution >= 0.6 is 0 Å². The Bertz CT molecular complexity index is 1510. The molecule has 0 aliphatic rings. The van der Waals surface area contributed by atoms with Crippen LogP contribution < -0.4 is 27.2 Å². The molecule has 0 unspecified atom stereocenters. The van der Waals surface area contributed by atoms with Gasteiger partial charge < -0.3 is 21.1 Å². The van der Waals surface area contributed by atoms with Gasteiger partial charge in [-0.25, -0.2) is 14.8 Å². The van der Waals surface area contributed by atoms with Crippen molar-refractivity contribution in [3.63, 3.8) is 0 Å². The fourth-order valence-corrected chi connectivity index (χ4v) is 3.40. The third kappa shape index (κ3) is 7.03. The molecule has 6 N–H and O–H groups in total. The summed E-state index contributed by atoms with van der Waals surface area (Å²) in [4.78, 5) is 51.2. The van der Waals surface area contributed by atoms with Crippen LogP contribution in [-0.2, 0) is 17.8 Å². The van der Waals surface area contributed by atoms with Gasteiger partial charge in [0.1, 0.15) is 5.60 Å². The van der Waals surface area contributed by atoms with Crippen LogP contribution in [0.1, 0.15) is 42.4 Å². The van der Waals surface area contributed by atoms with Gasteiger partial charge in [-0.15, -0.1) is 0 Å². The van der Waals surface area contributed by atoms with Gasteiger partial charge in [0.15, 0.2) is 11.2 Å². The highest BCUT2D eigenvalue weighted by Gasteiger charge is 2.16. The molecule has 0 aliphatic heterocycles. The summed E-state index contributed by atoms with van der Waals surface area (Å²) in [6.07, 6.45) is 0.989. The number of hydrogen-bond donors (Lipinski definition) is 5. The lowest BCUT2D eigenvalue weighted by molar-refractivity contribution is 0.0635. The summed E-state index contributed by atoms with van der Waals surface area (Å²) in [7, 11) is 0. The van der Waals surface area contributed by atoms with E-state index in [-0.39, 0.29) is 23.0 Å². The Kier molecular flexibility index (Phi) is 7.51. The number of aromatic amines is 1. The number of nitrogens with two attached hydrogens (primary N) is 1. The van der Waals surface area contributed by atoms with Crippen molar-refractivity contribution in [2.24, 2.45) is 0 Å². The predicted octanol–water partition coefficient (Wildman–Crippen LogP) is 3.18. The highest BCUT2D eigenvalue weighted by atomic mass is 16.6. The van der Waals surface area contributed by atoms with Crippen molar-refractivity contribution in [1.82, 2.24) is 25.3 Å². The smallest absolute Gasteiger partial charge is 0.412 e. The van der Waals surface area contributed by atoms with Crippen LogP contribution in [0.5, 0.6) is 0 Å². The van der Waals surface area contributed by atoms with Gasteiger partial charge in [0, 0.05) is 23.5 Å². The molecule has 4 rings (SSSR count). The van der Waals surface area contributed by atoms with Crippen molar-refractivity contribution >= 4 is 40.5 Å². The first kappa shape index (κ1) is 26.1. The van der Waals surface area contributed by atoms with Gasteiger partial charge in [0.05, 0.1) is 18.4 Å². The van der Waals surface area contributed by atoms with Crippen molar-refractivity contribution in [2.75, 3.05) is 16.4 Å². The van der Waals surface area contributed by atoms with Gasteiger partial charge in [-0.1, -0.05) is 12.1 Å². The average molecular weight is 517 g/mol. The molecule has 12 nitrogen and oxygen atoms in total. The number of ether oxygens (including phenoxy) is 1. The molecular formula is C26H28N8O4. The fourth-order valence-electron chi connectivity index (χ4n) is 3.40. The van der Waals surface area contributed by atoms with Crippen LogP contribution in [0.3, 0.4) is 0 Å². The Morgan fingerprint density at radius 2 is 1.66 bits per heavy atom. The van der Waals surface area contributed by atoms with Gasteiger partial charge in [-0.2, -0.15) is 4.98 Å². The molecule has 38 heavy (non-hydrogen) atoms. The number of H-pyrrole nitrogens is 1. The molecule has 0 atom stereocenters. The van der Waals surface area contributed by atoms with E-state index in [2.05, 4.69) is 35.9 Å². The summed E-state index contributed by atoms with van der Waals surface area (Å²) >= 11 is 0. The van der Waals surface area contributed by atoms with Crippen LogP contribution in [0, 0.1) is 0 Å². The van der Waals surface area contributed by atoms with E-state index in [1.807, 2.05) is 12.1 Å². The van der Waals surface area contributed by atoms with Crippen molar-refractivity contribution < 1.29 is 14.3 Å². The lowest BCUT2D eigenvalue weighted by atomic mass is 10.1. The fraction of sp³-hybridized carbons (Fsp3) is 0.231. The number of anilines is 3. The Morgan fingerprint density at radius 3 is 2.34 bits per heavy atom. The first-order valence-corrected chi connectivity index (χ1v) is 11.8. The molecule has 4 aromatic rings. The number of amides is 2. The minimum absolute atomic E-state index is 0.0164. The molecular weight excluding hydrogens is 488 g/mol. The molecule has 2 heterocycles. The van der Waals surface area contributed by atoms with E-state index in [0.29, 0.717) is 30.0 Å². The van der Waals surface area contributed by atoms with Gasteiger partial charge in [-0.3, -0.25) is 19.9 Å². The van der Waals surface area contributed by atoms with Crippen molar-refractivity contribution in [2.45, 2.75) is 39.5 Å². The zero-order chi connectivity index (χ0) is 27.3. The summed E-state index contributed by atoms with van der Waals surface area (Å²) in [5, 5.41) is 8.72. The number of nitrogen functional groups attached to an aromatic ring is 1. The number of hydrogen-bond acceptors (Lipinski definition) is 9. The number of nitrogens with zero attached hydrogens (tertiary/aromatic N) is 3. The number of nitrogens with one attached hydrogen (secondary N) is 4. The lowest BCUT2D eigenvalue weighted by Crippen LogP contribution is -2.27. The Balaban J connectivity index is 1.27. The number of fused-ring (bicyclic) bond motifs is 1. The minimum Gasteiger partial charge on any atom is -0.444 e. The van der Waals surface area contributed by atoms with E-state index < -0.39 is 17.3 Å². The molecule has 2 amide bonds. The molecule has 2 aromatic carbocycles. The summed E-state index contributed by atoms with van der Waals surface area (Å²) in [5.41, 5.74) is 8.06. The molecule has 2 aromatic heterocycles. The summed E-state index contributed by atoms with van der Waals surface area (Å²) in [6.45, 7) is 6.03. The summed E-state index contributed by atoms with van der Waals surface area (Å²) < 4.78 is 5.23. The zero-order valence-electron chi connectivity index (χ0n) is 21.2. The van der Waals surface area contributed by atoms with E-state index in [1.165, 1.54) is 6.20 Å². The molecule has 0 fully saturated rings. The molecule has 0 radical (unpaired) electrons. The van der Waals surface area contributed by atoms with Crippen LogP contribution in [-0.4, -0.2) is 37.5 Å². The van der Waals surface area contributed by atoms with Crippen LogP contribution in [0.25, 0.3) is 11.2 Å². The molecule has 0 saturated carbocycles. The highest BCUT2D eigenvalue weighted by Crippen LogP contribution is 2.14. The highest BCUT2D eigenvalue weighted by molar-refractivity contribution is 5.94. The third-order valence-corrected chi connectivity index (χ3v) is 5.16. The summed E-state index contributed by atoms with van der Waals surface area (Å²) in [6, 6.07) is 14.1. The van der Waals surface area contributed by atoms with Gasteiger partial charge in [0.25, 0.3) is 11.5 Å². The zero-order valence-corrected chi connectivity index (χ0v) is 21.2. The second kappa shape index (κ2) is 10.9. The largest absolute Gasteiger partial charge is 0.444 e. The quantitative estimate of drug-likeness (QED) is 0.247. The number of rotatable bonds is 7. The minimum atomic E-state index is -0.579. The number of carbonyl (C=O) groups is 2. The van der Waals surface area contributed by atoms with Gasteiger partial charge in [0.2, 0.25) is 5.95 Å². The van der Waals surface area contributed by atoms with Crippen LogP contribution in [0.15, 0.2) is 59.5 Å². The standard InChI is InChI=1S/C26H28N8O4/c1-26(2,3)38-25(37)32-18-8-4-15(5-9-18)12-30-22(35)16-6-10-17(11-7-16)28-13-19-14-29-21-20(31-19)23(36)34-24(27)33-21/h4-11,14,28H,12-13H2,1-3H3,(H,30,35)(H,32,37)(H3,27,29,33,34,36). The Hall–Kier alpha value is -5.00. The second-order valence-electron chi connectivity index (χ2n) is 9.42. The van der Waals surface area contributed by atoms with Crippen LogP contribution in [0.2, 0.25) is 0 Å².